The zero-order valence-corrected chi connectivity index (χ0v) is 15.6. The van der Waals surface area contributed by atoms with Crippen LogP contribution >= 0.6 is 0 Å². The van der Waals surface area contributed by atoms with Gasteiger partial charge in [0.05, 0.1) is 18.5 Å². The summed E-state index contributed by atoms with van der Waals surface area (Å²) in [7, 11) is -2.16. The third-order valence-corrected chi connectivity index (χ3v) is 4.45. The van der Waals surface area contributed by atoms with Crippen molar-refractivity contribution in [1.82, 2.24) is 10.2 Å². The van der Waals surface area contributed by atoms with E-state index in [0.717, 1.165) is 16.1 Å². The van der Waals surface area contributed by atoms with Gasteiger partial charge in [0.2, 0.25) is 21.8 Å². The number of hydrogen-bond donors (Lipinski definition) is 1. The molecule has 0 bridgehead atoms. The normalized spacial score (nSPS) is 11.2. The molecular formula is C16H25N3O4S. The fourth-order valence-corrected chi connectivity index (χ4v) is 3.05. The summed E-state index contributed by atoms with van der Waals surface area (Å²) >= 11 is 0. The van der Waals surface area contributed by atoms with Crippen molar-refractivity contribution in [2.24, 2.45) is 0 Å². The van der Waals surface area contributed by atoms with Crippen LogP contribution in [0.1, 0.15) is 19.4 Å². The third-order valence-electron chi connectivity index (χ3n) is 3.32. The molecule has 0 aliphatic heterocycles. The van der Waals surface area contributed by atoms with Crippen LogP contribution in [-0.2, 0) is 19.6 Å². The standard InChI is InChI=1S/C16H25N3O4S/c1-12(2)17-15(20)10-18(4)16(21)11-19(24(5,22)23)14-9-7-6-8-13(14)3/h6-9,12H,10-11H2,1-5H3,(H,17,20). The smallest absolute Gasteiger partial charge is 0.243 e. The minimum atomic E-state index is -3.63. The second kappa shape index (κ2) is 8.14. The molecule has 0 fully saturated rings. The first-order valence-electron chi connectivity index (χ1n) is 7.59. The Bertz CT molecular complexity index is 701. The molecule has 7 nitrogen and oxygen atoms in total. The van der Waals surface area contributed by atoms with Crippen LogP contribution in [-0.4, -0.2) is 57.6 Å². The van der Waals surface area contributed by atoms with Crippen LogP contribution in [0.5, 0.6) is 0 Å². The second-order valence-electron chi connectivity index (χ2n) is 6.03. The van der Waals surface area contributed by atoms with Gasteiger partial charge in [0.1, 0.15) is 6.54 Å². The van der Waals surface area contributed by atoms with Crippen LogP contribution in [0.4, 0.5) is 5.69 Å². The van der Waals surface area contributed by atoms with Gasteiger partial charge < -0.3 is 10.2 Å². The van der Waals surface area contributed by atoms with Crippen molar-refractivity contribution in [3.63, 3.8) is 0 Å². The monoisotopic (exact) mass is 355 g/mol. The van der Waals surface area contributed by atoms with Crippen LogP contribution in [0, 0.1) is 6.92 Å². The number of benzene rings is 1. The van der Waals surface area contributed by atoms with Gasteiger partial charge in [-0.25, -0.2) is 8.42 Å². The van der Waals surface area contributed by atoms with E-state index >= 15 is 0 Å². The average Bonchev–Trinajstić information content (AvgIpc) is 2.43. The number of nitrogens with zero attached hydrogens (tertiary/aromatic N) is 2. The third kappa shape index (κ3) is 5.84. The molecule has 0 radical (unpaired) electrons. The first kappa shape index (κ1) is 20.0. The highest BCUT2D eigenvalue weighted by Gasteiger charge is 2.24. The molecule has 0 saturated carbocycles. The number of para-hydroxylation sites is 1. The molecule has 1 rings (SSSR count). The van der Waals surface area contributed by atoms with Gasteiger partial charge in [-0.3, -0.25) is 13.9 Å². The van der Waals surface area contributed by atoms with E-state index in [9.17, 15) is 18.0 Å². The van der Waals surface area contributed by atoms with E-state index in [-0.39, 0.29) is 25.0 Å². The Morgan fingerprint density at radius 2 is 1.75 bits per heavy atom. The van der Waals surface area contributed by atoms with Gasteiger partial charge in [0.15, 0.2) is 0 Å². The molecule has 0 atom stereocenters. The van der Waals surface area contributed by atoms with Crippen molar-refractivity contribution < 1.29 is 18.0 Å². The van der Waals surface area contributed by atoms with Crippen molar-refractivity contribution in [2.75, 3.05) is 30.7 Å². The molecule has 0 heterocycles. The number of rotatable bonds is 7. The number of sulfonamides is 1. The van der Waals surface area contributed by atoms with Crippen molar-refractivity contribution >= 4 is 27.5 Å². The fourth-order valence-electron chi connectivity index (χ4n) is 2.14. The SMILES string of the molecule is Cc1ccccc1N(CC(=O)N(C)CC(=O)NC(C)C)S(C)(=O)=O. The second-order valence-corrected chi connectivity index (χ2v) is 7.93. The van der Waals surface area contributed by atoms with Crippen molar-refractivity contribution in [3.05, 3.63) is 29.8 Å². The Morgan fingerprint density at radius 1 is 1.17 bits per heavy atom. The summed E-state index contributed by atoms with van der Waals surface area (Å²) in [6.45, 7) is 4.95. The Kier molecular flexibility index (Phi) is 6.77. The Morgan fingerprint density at radius 3 is 2.25 bits per heavy atom. The number of carbonyl (C=O) groups excluding carboxylic acids is 2. The highest BCUT2D eigenvalue weighted by molar-refractivity contribution is 7.92. The number of nitrogens with one attached hydrogen (secondary N) is 1. The van der Waals surface area contributed by atoms with Gasteiger partial charge in [-0.2, -0.15) is 0 Å². The lowest BCUT2D eigenvalue weighted by atomic mass is 10.2. The summed E-state index contributed by atoms with van der Waals surface area (Å²) in [6, 6.07) is 6.90. The van der Waals surface area contributed by atoms with E-state index in [2.05, 4.69) is 5.32 Å². The van der Waals surface area contributed by atoms with Gasteiger partial charge in [-0.1, -0.05) is 18.2 Å². The number of aryl methyl sites for hydroxylation is 1. The van der Waals surface area contributed by atoms with E-state index < -0.39 is 15.9 Å². The van der Waals surface area contributed by atoms with Gasteiger partial charge in [0.25, 0.3) is 0 Å². The van der Waals surface area contributed by atoms with Gasteiger partial charge >= 0.3 is 0 Å². The summed E-state index contributed by atoms with van der Waals surface area (Å²) in [6.07, 6.45) is 1.05. The summed E-state index contributed by atoms with van der Waals surface area (Å²) in [5.41, 5.74) is 1.20. The van der Waals surface area contributed by atoms with E-state index in [1.54, 1.807) is 31.2 Å². The Hall–Kier alpha value is -2.09. The minimum Gasteiger partial charge on any atom is -0.352 e. The van der Waals surface area contributed by atoms with Crippen LogP contribution in [0.2, 0.25) is 0 Å². The highest BCUT2D eigenvalue weighted by Crippen LogP contribution is 2.21. The van der Waals surface area contributed by atoms with Crippen LogP contribution < -0.4 is 9.62 Å². The first-order chi connectivity index (χ1) is 11.0. The molecule has 0 spiro atoms. The summed E-state index contributed by atoms with van der Waals surface area (Å²) in [5, 5.41) is 2.69. The molecular weight excluding hydrogens is 330 g/mol. The molecule has 0 saturated heterocycles. The van der Waals surface area contributed by atoms with Gasteiger partial charge in [-0.15, -0.1) is 0 Å². The number of amides is 2. The first-order valence-corrected chi connectivity index (χ1v) is 9.44. The molecule has 1 aromatic rings. The van der Waals surface area contributed by atoms with Crippen molar-refractivity contribution in [2.45, 2.75) is 26.8 Å². The number of hydrogen-bond acceptors (Lipinski definition) is 4. The quantitative estimate of drug-likeness (QED) is 0.782. The molecule has 8 heteroatoms. The lowest BCUT2D eigenvalue weighted by Crippen LogP contribution is -2.45. The summed E-state index contributed by atoms with van der Waals surface area (Å²) in [5.74, 6) is -0.745. The maximum Gasteiger partial charge on any atom is 0.243 e. The molecule has 0 unspecified atom stereocenters. The molecule has 1 N–H and O–H groups in total. The maximum absolute atomic E-state index is 12.3. The topological polar surface area (TPSA) is 86.8 Å². The predicted octanol–water partition coefficient (Wildman–Crippen LogP) is 0.744. The average molecular weight is 355 g/mol. The largest absolute Gasteiger partial charge is 0.352 e. The molecule has 24 heavy (non-hydrogen) atoms. The number of carbonyl (C=O) groups is 2. The molecule has 2 amide bonds. The molecule has 134 valence electrons. The fraction of sp³-hybridized carbons (Fsp3) is 0.500. The summed E-state index contributed by atoms with van der Waals surface area (Å²) in [4.78, 5) is 25.3. The molecule has 0 aromatic heterocycles. The van der Waals surface area contributed by atoms with E-state index in [4.69, 9.17) is 0 Å². The Labute approximate surface area is 143 Å². The van der Waals surface area contributed by atoms with E-state index in [1.165, 1.54) is 11.9 Å². The van der Waals surface area contributed by atoms with Crippen molar-refractivity contribution in [1.29, 1.82) is 0 Å². The molecule has 0 aliphatic carbocycles. The van der Waals surface area contributed by atoms with Gasteiger partial charge in [-0.05, 0) is 32.4 Å². The van der Waals surface area contributed by atoms with Crippen LogP contribution in [0.3, 0.4) is 0 Å². The van der Waals surface area contributed by atoms with Crippen molar-refractivity contribution in [3.8, 4) is 0 Å². The lowest BCUT2D eigenvalue weighted by Gasteiger charge is -2.26. The van der Waals surface area contributed by atoms with E-state index in [0.29, 0.717) is 5.69 Å². The maximum atomic E-state index is 12.3. The summed E-state index contributed by atoms with van der Waals surface area (Å²) < 4.78 is 25.2. The zero-order chi connectivity index (χ0) is 18.5. The highest BCUT2D eigenvalue weighted by atomic mass is 32.2. The molecule has 1 aromatic carbocycles. The number of likely N-dealkylation sites (N-methyl/N-ethyl adjacent to an activating group) is 1. The molecule has 0 aliphatic rings. The van der Waals surface area contributed by atoms with E-state index in [1.807, 2.05) is 13.8 Å². The zero-order valence-electron chi connectivity index (χ0n) is 14.7. The van der Waals surface area contributed by atoms with Gasteiger partial charge in [0, 0.05) is 13.1 Å². The minimum absolute atomic E-state index is 0.0273. The van der Waals surface area contributed by atoms with Crippen LogP contribution in [0.25, 0.3) is 0 Å². The Balaban J connectivity index is 2.90. The lowest BCUT2D eigenvalue weighted by molar-refractivity contribution is -0.133. The predicted molar refractivity (Wildman–Crippen MR) is 94.3 cm³/mol. The van der Waals surface area contributed by atoms with Crippen LogP contribution in [0.15, 0.2) is 24.3 Å². The number of anilines is 1.